The lowest BCUT2D eigenvalue weighted by Crippen LogP contribution is -2.56. The molecule has 4 heterocycles. The van der Waals surface area contributed by atoms with Crippen LogP contribution in [0.3, 0.4) is 0 Å². The predicted octanol–water partition coefficient (Wildman–Crippen LogP) is -4.28. The van der Waals surface area contributed by atoms with Gasteiger partial charge >= 0.3 is 0 Å². The zero-order valence-corrected chi connectivity index (χ0v) is 26.4. The Morgan fingerprint density at radius 1 is 0.765 bits per heavy atom. The van der Waals surface area contributed by atoms with E-state index in [2.05, 4.69) is 0 Å². The Morgan fingerprint density at radius 3 is 1.82 bits per heavy atom. The van der Waals surface area contributed by atoms with Gasteiger partial charge in [-0.3, -0.25) is 4.79 Å². The van der Waals surface area contributed by atoms with Crippen molar-refractivity contribution in [1.29, 1.82) is 0 Å². The van der Waals surface area contributed by atoms with Crippen molar-refractivity contribution in [3.63, 3.8) is 0 Å². The molecule has 280 valence electrons. The molecule has 19 nitrogen and oxygen atoms in total. The smallest absolute Gasteiger partial charge is 0.229 e. The van der Waals surface area contributed by atoms with Crippen LogP contribution in [0.15, 0.2) is 39.5 Å². The van der Waals surface area contributed by atoms with Crippen LogP contribution in [-0.4, -0.2) is 160 Å². The fourth-order valence-electron chi connectivity index (χ4n) is 6.51. The maximum Gasteiger partial charge on any atom is 0.229 e. The molecule has 13 atom stereocenters. The van der Waals surface area contributed by atoms with Gasteiger partial charge in [-0.2, -0.15) is 0 Å². The van der Waals surface area contributed by atoms with E-state index in [1.165, 1.54) is 24.3 Å². The summed E-state index contributed by atoms with van der Waals surface area (Å²) >= 11 is 0. The Labute approximate surface area is 286 Å². The summed E-state index contributed by atoms with van der Waals surface area (Å²) in [5.74, 6) is -2.17. The van der Waals surface area contributed by atoms with Crippen LogP contribution in [0, 0.1) is 0 Å². The molecule has 3 aliphatic heterocycles. The second-order valence-electron chi connectivity index (χ2n) is 12.7. The summed E-state index contributed by atoms with van der Waals surface area (Å²) in [5.41, 5.74) is -5.01. The van der Waals surface area contributed by atoms with E-state index < -0.39 is 144 Å². The van der Waals surface area contributed by atoms with E-state index in [1.54, 1.807) is 0 Å². The van der Waals surface area contributed by atoms with Crippen molar-refractivity contribution < 1.29 is 89.7 Å². The van der Waals surface area contributed by atoms with E-state index in [9.17, 15) is 71.2 Å². The number of hydrogen-bond donors (Lipinski definition) is 13. The minimum Gasteiger partial charge on any atom is -0.508 e. The van der Waals surface area contributed by atoms with Crippen molar-refractivity contribution in [3.8, 4) is 28.6 Å². The van der Waals surface area contributed by atoms with Crippen molar-refractivity contribution in [1.82, 2.24) is 0 Å². The van der Waals surface area contributed by atoms with Gasteiger partial charge in [0.05, 0.1) is 37.6 Å². The Kier molecular flexibility index (Phi) is 10.3. The molecule has 19 heteroatoms. The van der Waals surface area contributed by atoms with Gasteiger partial charge in [-0.15, -0.1) is 0 Å². The molecule has 0 bridgehead atoms. The number of aromatic hydroxyl groups is 2. The minimum atomic E-state index is -2.30. The molecule has 3 aliphatic rings. The van der Waals surface area contributed by atoms with Crippen LogP contribution < -0.4 is 10.2 Å². The first kappa shape index (κ1) is 37.3. The van der Waals surface area contributed by atoms with Gasteiger partial charge in [0, 0.05) is 11.6 Å². The second-order valence-corrected chi connectivity index (χ2v) is 12.7. The van der Waals surface area contributed by atoms with Crippen LogP contribution in [0.1, 0.15) is 23.3 Å². The number of phenols is 2. The topological polar surface area (TPSA) is 330 Å². The van der Waals surface area contributed by atoms with Crippen LogP contribution in [0.5, 0.6) is 17.2 Å². The van der Waals surface area contributed by atoms with E-state index >= 15 is 0 Å². The standard InChI is InChI=1S/C32H38O19/c33-6-14-19(38)22(41)24(43)28(49-14)17-21(40)16-12(37)5-13(10-1-3-11(36)4-2-10)48-26(16)18(29-25(44)23(42)20(39)15(7-34)50-29)27(17)51-31-30(45)32(46,8-35)9-47-31/h1-5,14-15,19-20,22-25,28-31,33-36,38-46H,6-9H2/t14-,15-,19-,20-,22+,23+,24-,25-,28+,29+,30+,31+,32-/m0/s1. The highest BCUT2D eigenvalue weighted by Gasteiger charge is 2.53. The summed E-state index contributed by atoms with van der Waals surface area (Å²) in [6.07, 6.45) is -23.3. The van der Waals surface area contributed by atoms with E-state index in [-0.39, 0.29) is 17.1 Å². The lowest BCUT2D eigenvalue weighted by atomic mass is 9.85. The molecule has 51 heavy (non-hydrogen) atoms. The molecular weight excluding hydrogens is 688 g/mol. The largest absolute Gasteiger partial charge is 0.508 e. The van der Waals surface area contributed by atoms with Crippen molar-refractivity contribution >= 4 is 11.0 Å². The van der Waals surface area contributed by atoms with E-state index in [0.29, 0.717) is 0 Å². The Hall–Kier alpha value is -3.51. The minimum absolute atomic E-state index is 0.139. The number of rotatable bonds is 8. The highest BCUT2D eigenvalue weighted by Crippen LogP contribution is 2.52. The number of ether oxygens (including phenoxy) is 4. The summed E-state index contributed by atoms with van der Waals surface area (Å²) in [5, 5.41) is 137. The first-order chi connectivity index (χ1) is 24.2. The van der Waals surface area contributed by atoms with Crippen LogP contribution in [0.2, 0.25) is 0 Å². The lowest BCUT2D eigenvalue weighted by Gasteiger charge is -2.43. The molecule has 0 saturated carbocycles. The van der Waals surface area contributed by atoms with Crippen LogP contribution >= 0.6 is 0 Å². The molecule has 0 aliphatic carbocycles. The van der Waals surface area contributed by atoms with Gasteiger partial charge in [0.25, 0.3) is 0 Å². The number of fused-ring (bicyclic) bond motifs is 1. The van der Waals surface area contributed by atoms with Gasteiger partial charge in [0.2, 0.25) is 6.29 Å². The van der Waals surface area contributed by atoms with Crippen molar-refractivity contribution in [2.45, 2.75) is 79.0 Å². The molecule has 13 N–H and O–H groups in total. The van der Waals surface area contributed by atoms with Crippen LogP contribution in [0.25, 0.3) is 22.3 Å². The normalized spacial score (nSPS) is 37.2. The average molecular weight is 727 g/mol. The quantitative estimate of drug-likeness (QED) is 0.104. The molecule has 6 rings (SSSR count). The molecule has 3 aromatic rings. The van der Waals surface area contributed by atoms with Crippen molar-refractivity contribution in [2.75, 3.05) is 26.4 Å². The van der Waals surface area contributed by atoms with Crippen LogP contribution in [-0.2, 0) is 14.2 Å². The fourth-order valence-corrected chi connectivity index (χ4v) is 6.51. The summed E-state index contributed by atoms with van der Waals surface area (Å²) in [6, 6.07) is 6.21. The van der Waals surface area contributed by atoms with Crippen molar-refractivity contribution in [3.05, 3.63) is 51.7 Å². The fraction of sp³-hybridized carbons (Fsp3) is 0.531. The van der Waals surface area contributed by atoms with E-state index in [4.69, 9.17) is 23.4 Å². The Bertz CT molecular complexity index is 1780. The molecule has 3 saturated heterocycles. The third-order valence-electron chi connectivity index (χ3n) is 9.49. The maximum atomic E-state index is 13.9. The highest BCUT2D eigenvalue weighted by molar-refractivity contribution is 5.92. The third-order valence-corrected chi connectivity index (χ3v) is 9.49. The first-order valence-corrected chi connectivity index (χ1v) is 15.7. The Morgan fingerprint density at radius 2 is 1.31 bits per heavy atom. The Balaban J connectivity index is 1.71. The van der Waals surface area contributed by atoms with E-state index in [0.717, 1.165) is 6.07 Å². The van der Waals surface area contributed by atoms with Gasteiger partial charge in [0.15, 0.2) is 11.0 Å². The molecule has 0 unspecified atom stereocenters. The molecule has 0 radical (unpaired) electrons. The zero-order chi connectivity index (χ0) is 37.1. The molecular formula is C32H38O19. The molecule has 1 aromatic heterocycles. The molecule has 2 aromatic carbocycles. The monoisotopic (exact) mass is 726 g/mol. The van der Waals surface area contributed by atoms with Gasteiger partial charge in [-0.1, -0.05) is 0 Å². The SMILES string of the molecule is O=c1cc(-c2ccc(O)cc2)oc2c([C@H]3O[C@@H](CO)[C@H](O)[C@@H](O)[C@@H]3O)c(O[C@H]3OC[C@@](O)(CO)[C@@H]3O)c([C@H]3O[C@@H](CO)[C@H](O)[C@@H](O)[C@@H]3O)c(O)c12. The predicted molar refractivity (Wildman–Crippen MR) is 165 cm³/mol. The second kappa shape index (κ2) is 14.1. The van der Waals surface area contributed by atoms with Gasteiger partial charge in [-0.25, -0.2) is 0 Å². The number of aliphatic hydroxyl groups is 11. The van der Waals surface area contributed by atoms with Crippen molar-refractivity contribution in [2.24, 2.45) is 0 Å². The van der Waals surface area contributed by atoms with E-state index in [1.807, 2.05) is 0 Å². The molecule has 3 fully saturated rings. The number of benzene rings is 2. The number of hydrogen-bond acceptors (Lipinski definition) is 19. The average Bonchev–Trinajstić information content (AvgIpc) is 3.40. The molecule has 0 amide bonds. The third kappa shape index (κ3) is 6.23. The number of phenolic OH excluding ortho intramolecular Hbond substituents is 2. The lowest BCUT2D eigenvalue weighted by molar-refractivity contribution is -0.234. The maximum absolute atomic E-state index is 13.9. The van der Waals surface area contributed by atoms with Gasteiger partial charge < -0.3 is 89.7 Å². The summed E-state index contributed by atoms with van der Waals surface area (Å²) in [6.45, 7) is -3.59. The summed E-state index contributed by atoms with van der Waals surface area (Å²) in [4.78, 5) is 13.9. The summed E-state index contributed by atoms with van der Waals surface area (Å²) < 4.78 is 29.0. The first-order valence-electron chi connectivity index (χ1n) is 15.7. The van der Waals surface area contributed by atoms with Gasteiger partial charge in [-0.05, 0) is 24.3 Å². The van der Waals surface area contributed by atoms with Gasteiger partial charge in [0.1, 0.15) is 101 Å². The van der Waals surface area contributed by atoms with Crippen LogP contribution in [0.4, 0.5) is 0 Å². The molecule has 0 spiro atoms. The summed E-state index contributed by atoms with van der Waals surface area (Å²) in [7, 11) is 0. The number of aliphatic hydroxyl groups excluding tert-OH is 10. The highest BCUT2D eigenvalue weighted by atomic mass is 16.7. The zero-order valence-electron chi connectivity index (χ0n) is 26.4.